The average molecular weight is 261 g/mol. The molecule has 2 aliphatic heterocycles. The summed E-state index contributed by atoms with van der Waals surface area (Å²) in [4.78, 5) is 13.9. The fourth-order valence-corrected chi connectivity index (χ4v) is 3.19. The average Bonchev–Trinajstić information content (AvgIpc) is 2.80. The van der Waals surface area contributed by atoms with E-state index in [0.717, 1.165) is 19.5 Å². The molecule has 2 aliphatic rings. The molecule has 7 heteroatoms. The Morgan fingerprint density at radius 3 is 2.35 bits per heavy atom. The first-order valence-electron chi connectivity index (χ1n) is 5.93. The Morgan fingerprint density at radius 2 is 1.88 bits per heavy atom. The Morgan fingerprint density at radius 1 is 1.24 bits per heavy atom. The van der Waals surface area contributed by atoms with Crippen molar-refractivity contribution in [2.45, 2.75) is 6.42 Å². The molecule has 2 fully saturated rings. The first-order chi connectivity index (χ1) is 7.98. The molecule has 0 unspecified atom stereocenters. The van der Waals surface area contributed by atoms with Crippen LogP contribution < -0.4 is 5.32 Å². The number of nitrogens with zero attached hydrogens (tertiary/aromatic N) is 2. The van der Waals surface area contributed by atoms with Gasteiger partial charge in [0.25, 0.3) is 0 Å². The van der Waals surface area contributed by atoms with E-state index in [2.05, 4.69) is 5.32 Å². The van der Waals surface area contributed by atoms with E-state index < -0.39 is 10.0 Å². The summed E-state index contributed by atoms with van der Waals surface area (Å²) >= 11 is 0. The van der Waals surface area contributed by atoms with Crippen LogP contribution in [-0.2, 0) is 14.8 Å². The second-order valence-corrected chi connectivity index (χ2v) is 6.66. The third-order valence-electron chi connectivity index (χ3n) is 3.43. The molecule has 0 aromatic carbocycles. The van der Waals surface area contributed by atoms with Gasteiger partial charge in [-0.3, -0.25) is 4.79 Å². The van der Waals surface area contributed by atoms with Gasteiger partial charge in [-0.05, 0) is 13.0 Å². The highest BCUT2D eigenvalue weighted by molar-refractivity contribution is 7.88. The van der Waals surface area contributed by atoms with Gasteiger partial charge in [0.2, 0.25) is 15.9 Å². The van der Waals surface area contributed by atoms with Crippen molar-refractivity contribution in [3.8, 4) is 0 Å². The molecule has 17 heavy (non-hydrogen) atoms. The molecule has 0 aromatic rings. The van der Waals surface area contributed by atoms with Crippen molar-refractivity contribution in [2.24, 2.45) is 5.92 Å². The van der Waals surface area contributed by atoms with Gasteiger partial charge in [-0.2, -0.15) is 4.31 Å². The Balaban J connectivity index is 1.88. The Kier molecular flexibility index (Phi) is 3.70. The molecule has 0 saturated carbocycles. The van der Waals surface area contributed by atoms with Crippen LogP contribution in [0.3, 0.4) is 0 Å². The monoisotopic (exact) mass is 261 g/mol. The second kappa shape index (κ2) is 4.91. The molecule has 0 spiro atoms. The van der Waals surface area contributed by atoms with Crippen molar-refractivity contribution in [1.29, 1.82) is 0 Å². The molecule has 1 amide bonds. The Bertz CT molecular complexity index is 382. The number of amides is 1. The van der Waals surface area contributed by atoms with Gasteiger partial charge in [0, 0.05) is 32.7 Å². The van der Waals surface area contributed by atoms with E-state index in [-0.39, 0.29) is 11.8 Å². The van der Waals surface area contributed by atoms with Gasteiger partial charge in [0.15, 0.2) is 0 Å². The molecule has 2 rings (SSSR count). The van der Waals surface area contributed by atoms with Crippen LogP contribution in [0, 0.1) is 5.92 Å². The van der Waals surface area contributed by atoms with Crippen LogP contribution in [0.2, 0.25) is 0 Å². The number of carbonyl (C=O) groups is 1. The molecule has 6 nitrogen and oxygen atoms in total. The summed E-state index contributed by atoms with van der Waals surface area (Å²) in [5.41, 5.74) is 0. The summed E-state index contributed by atoms with van der Waals surface area (Å²) in [6.45, 7) is 3.53. The van der Waals surface area contributed by atoms with Crippen molar-refractivity contribution in [3.05, 3.63) is 0 Å². The molecule has 1 atom stereocenters. The topological polar surface area (TPSA) is 69.7 Å². The summed E-state index contributed by atoms with van der Waals surface area (Å²) in [6, 6.07) is 0. The SMILES string of the molecule is CS(=O)(=O)N1CCN(C(=O)[C@@H]2CCNC2)CC1. The first-order valence-corrected chi connectivity index (χ1v) is 7.78. The minimum Gasteiger partial charge on any atom is -0.340 e. The zero-order chi connectivity index (χ0) is 12.5. The maximum absolute atomic E-state index is 12.1. The van der Waals surface area contributed by atoms with E-state index >= 15 is 0 Å². The molecule has 0 aromatic heterocycles. The summed E-state index contributed by atoms with van der Waals surface area (Å²) in [6.07, 6.45) is 2.11. The second-order valence-electron chi connectivity index (χ2n) is 4.68. The lowest BCUT2D eigenvalue weighted by atomic mass is 10.1. The third-order valence-corrected chi connectivity index (χ3v) is 4.73. The van der Waals surface area contributed by atoms with E-state index in [1.54, 1.807) is 4.90 Å². The molecule has 1 N–H and O–H groups in total. The summed E-state index contributed by atoms with van der Waals surface area (Å²) in [7, 11) is -3.11. The normalized spacial score (nSPS) is 27.4. The van der Waals surface area contributed by atoms with E-state index in [9.17, 15) is 13.2 Å². The number of piperazine rings is 1. The third kappa shape index (κ3) is 2.97. The first kappa shape index (κ1) is 12.8. The van der Waals surface area contributed by atoms with Crippen molar-refractivity contribution < 1.29 is 13.2 Å². The van der Waals surface area contributed by atoms with Crippen LogP contribution >= 0.6 is 0 Å². The highest BCUT2D eigenvalue weighted by Gasteiger charge is 2.31. The fraction of sp³-hybridized carbons (Fsp3) is 0.900. The highest BCUT2D eigenvalue weighted by atomic mass is 32.2. The fourth-order valence-electron chi connectivity index (χ4n) is 2.36. The lowest BCUT2D eigenvalue weighted by Crippen LogP contribution is -2.51. The van der Waals surface area contributed by atoms with Crippen LogP contribution in [0.5, 0.6) is 0 Å². The summed E-state index contributed by atoms with van der Waals surface area (Å²) in [5, 5.41) is 3.17. The minimum atomic E-state index is -3.11. The van der Waals surface area contributed by atoms with Crippen molar-refractivity contribution in [1.82, 2.24) is 14.5 Å². The van der Waals surface area contributed by atoms with Gasteiger partial charge in [0.05, 0.1) is 12.2 Å². The standard InChI is InChI=1S/C10H19N3O3S/c1-17(15,16)13-6-4-12(5-7-13)10(14)9-2-3-11-8-9/h9,11H,2-8H2,1H3/t9-/m1/s1. The lowest BCUT2D eigenvalue weighted by molar-refractivity contribution is -0.136. The van der Waals surface area contributed by atoms with Gasteiger partial charge < -0.3 is 10.2 Å². The van der Waals surface area contributed by atoms with Crippen molar-refractivity contribution >= 4 is 15.9 Å². The van der Waals surface area contributed by atoms with Crippen molar-refractivity contribution in [2.75, 3.05) is 45.5 Å². The predicted molar refractivity (Wildman–Crippen MR) is 64.0 cm³/mol. The van der Waals surface area contributed by atoms with Crippen LogP contribution in [0.1, 0.15) is 6.42 Å². The maximum Gasteiger partial charge on any atom is 0.227 e. The van der Waals surface area contributed by atoms with Gasteiger partial charge in [0.1, 0.15) is 0 Å². The maximum atomic E-state index is 12.1. The molecular formula is C10H19N3O3S. The molecule has 98 valence electrons. The van der Waals surface area contributed by atoms with E-state index in [1.807, 2.05) is 0 Å². The Hall–Kier alpha value is -0.660. The minimum absolute atomic E-state index is 0.0831. The number of hydrogen-bond acceptors (Lipinski definition) is 4. The number of carbonyl (C=O) groups excluding carboxylic acids is 1. The number of sulfonamides is 1. The molecular weight excluding hydrogens is 242 g/mol. The molecule has 2 saturated heterocycles. The summed E-state index contributed by atoms with van der Waals surface area (Å²) < 4.78 is 24.1. The van der Waals surface area contributed by atoms with Crippen LogP contribution in [0.4, 0.5) is 0 Å². The van der Waals surface area contributed by atoms with Crippen molar-refractivity contribution in [3.63, 3.8) is 0 Å². The van der Waals surface area contributed by atoms with E-state index in [4.69, 9.17) is 0 Å². The van der Waals surface area contributed by atoms with Gasteiger partial charge in [-0.15, -0.1) is 0 Å². The number of hydrogen-bond donors (Lipinski definition) is 1. The molecule has 2 heterocycles. The summed E-state index contributed by atoms with van der Waals surface area (Å²) in [5.74, 6) is 0.253. The largest absolute Gasteiger partial charge is 0.340 e. The van der Waals surface area contributed by atoms with Crippen LogP contribution in [0.15, 0.2) is 0 Å². The van der Waals surface area contributed by atoms with Crippen LogP contribution in [0.25, 0.3) is 0 Å². The number of rotatable bonds is 2. The lowest BCUT2D eigenvalue weighted by Gasteiger charge is -2.34. The smallest absolute Gasteiger partial charge is 0.227 e. The zero-order valence-electron chi connectivity index (χ0n) is 10.1. The van der Waals surface area contributed by atoms with Crippen LogP contribution in [-0.4, -0.2) is 69.1 Å². The Labute approximate surface area is 102 Å². The molecule has 0 aliphatic carbocycles. The van der Waals surface area contributed by atoms with Gasteiger partial charge in [-0.1, -0.05) is 0 Å². The van der Waals surface area contributed by atoms with E-state index in [0.29, 0.717) is 26.2 Å². The predicted octanol–water partition coefficient (Wildman–Crippen LogP) is -1.30. The highest BCUT2D eigenvalue weighted by Crippen LogP contribution is 2.14. The molecule has 0 bridgehead atoms. The van der Waals surface area contributed by atoms with E-state index in [1.165, 1.54) is 10.6 Å². The van der Waals surface area contributed by atoms with Gasteiger partial charge >= 0.3 is 0 Å². The molecule has 0 radical (unpaired) electrons. The quantitative estimate of drug-likeness (QED) is 0.671. The van der Waals surface area contributed by atoms with Gasteiger partial charge in [-0.25, -0.2) is 8.42 Å². The zero-order valence-corrected chi connectivity index (χ0v) is 10.9. The number of nitrogens with one attached hydrogen (secondary N) is 1.